The molecule has 0 spiro atoms. The Labute approximate surface area is 226 Å². The molecule has 204 valence electrons. The Bertz CT molecular complexity index is 1110. The lowest BCUT2D eigenvalue weighted by atomic mass is 10.1. The van der Waals surface area contributed by atoms with Gasteiger partial charge in [0.15, 0.2) is 11.7 Å². The number of amidine groups is 2. The van der Waals surface area contributed by atoms with E-state index in [1.807, 2.05) is 48.5 Å². The van der Waals surface area contributed by atoms with Crippen LogP contribution in [0.2, 0.25) is 0 Å². The molecule has 0 atom stereocenters. The molecule has 38 heavy (non-hydrogen) atoms. The Morgan fingerprint density at radius 1 is 0.763 bits per heavy atom. The number of carbonyl (C=O) groups excluding carboxylic acids is 1. The molecule has 2 aromatic rings. The number of nitrogens with zero attached hydrogens (tertiary/aromatic N) is 5. The number of anilines is 2. The minimum atomic E-state index is -0.245. The zero-order valence-corrected chi connectivity index (χ0v) is 23.2. The second-order valence-corrected chi connectivity index (χ2v) is 9.09. The minimum Gasteiger partial charge on any atom is -0.384 e. The number of carbonyl (C=O) groups is 1. The van der Waals surface area contributed by atoms with E-state index in [0.29, 0.717) is 11.5 Å². The van der Waals surface area contributed by atoms with Crippen LogP contribution in [0.15, 0.2) is 63.5 Å². The fraction of sp³-hybridized carbons (Fsp3) is 0.448. The molecule has 1 aliphatic heterocycles. The lowest BCUT2D eigenvalue weighted by molar-refractivity contribution is -0.112. The van der Waals surface area contributed by atoms with E-state index in [9.17, 15) is 4.79 Å². The third kappa shape index (κ3) is 8.78. The van der Waals surface area contributed by atoms with Crippen LogP contribution in [0.3, 0.4) is 0 Å². The van der Waals surface area contributed by atoms with Gasteiger partial charge >= 0.3 is 0 Å². The fourth-order valence-corrected chi connectivity index (χ4v) is 4.12. The van der Waals surface area contributed by atoms with Gasteiger partial charge in [-0.1, -0.05) is 27.7 Å². The van der Waals surface area contributed by atoms with Crippen LogP contribution in [0.4, 0.5) is 22.7 Å². The van der Waals surface area contributed by atoms with E-state index in [1.54, 1.807) is 0 Å². The molecule has 9 nitrogen and oxygen atoms in total. The predicted octanol–water partition coefficient (Wildman–Crippen LogP) is 4.33. The van der Waals surface area contributed by atoms with Gasteiger partial charge in [-0.05, 0) is 74.7 Å². The second kappa shape index (κ2) is 15.0. The van der Waals surface area contributed by atoms with Crippen LogP contribution in [-0.4, -0.2) is 85.3 Å². The summed E-state index contributed by atoms with van der Waals surface area (Å²) in [5, 5.41) is 6.89. The molecule has 0 radical (unpaired) electrons. The average molecular weight is 519 g/mol. The Morgan fingerprint density at radius 3 is 1.66 bits per heavy atom. The highest BCUT2D eigenvalue weighted by molar-refractivity contribution is 6.58. The van der Waals surface area contributed by atoms with Crippen LogP contribution in [0.1, 0.15) is 34.1 Å². The van der Waals surface area contributed by atoms with Gasteiger partial charge in [-0.2, -0.15) is 0 Å². The fourth-order valence-electron chi connectivity index (χ4n) is 4.12. The van der Waals surface area contributed by atoms with E-state index in [0.717, 1.165) is 75.1 Å². The highest BCUT2D eigenvalue weighted by atomic mass is 16.1. The Hall–Kier alpha value is -3.56. The maximum Gasteiger partial charge on any atom is 0.203 e. The molecule has 1 heterocycles. The van der Waals surface area contributed by atoms with Gasteiger partial charge in [0.25, 0.3) is 0 Å². The summed E-state index contributed by atoms with van der Waals surface area (Å²) in [7, 11) is 0. The lowest BCUT2D eigenvalue weighted by Crippen LogP contribution is -2.34. The number of benzene rings is 2. The molecular weight excluding hydrogens is 476 g/mol. The normalized spacial score (nSPS) is 15.9. The molecular formula is C29H42N8O. The first-order valence-electron chi connectivity index (χ1n) is 13.6. The number of Topliss-reactive ketones (excluding diaryl/α,β-unsaturated/α-hetero) is 1. The number of likely N-dealkylation sites (N-methyl/N-ethyl adjacent to an activating group) is 2. The first-order valence-corrected chi connectivity index (χ1v) is 13.6. The lowest BCUT2D eigenvalue weighted by Gasteiger charge is -2.18. The summed E-state index contributed by atoms with van der Waals surface area (Å²) in [4.78, 5) is 30.7. The van der Waals surface area contributed by atoms with Gasteiger partial charge in [0.1, 0.15) is 0 Å². The summed E-state index contributed by atoms with van der Waals surface area (Å²) in [6, 6.07) is 15.7. The summed E-state index contributed by atoms with van der Waals surface area (Å²) in [6.07, 6.45) is 0.0725. The Balaban J connectivity index is 1.69. The van der Waals surface area contributed by atoms with Crippen molar-refractivity contribution in [1.29, 1.82) is 0 Å². The van der Waals surface area contributed by atoms with E-state index in [2.05, 4.69) is 58.1 Å². The molecule has 0 saturated heterocycles. The molecule has 0 bridgehead atoms. The third-order valence-corrected chi connectivity index (χ3v) is 6.63. The van der Waals surface area contributed by atoms with Gasteiger partial charge in [0, 0.05) is 37.6 Å². The summed E-state index contributed by atoms with van der Waals surface area (Å²) in [5.41, 5.74) is 9.88. The number of nitrogens with two attached hydrogens (primary N) is 1. The largest absolute Gasteiger partial charge is 0.384 e. The maximum absolute atomic E-state index is 12.3. The molecule has 9 heteroatoms. The number of hydrogen-bond acceptors (Lipinski definition) is 8. The topological polar surface area (TPSA) is 111 Å². The van der Waals surface area contributed by atoms with E-state index >= 15 is 0 Å². The molecule has 0 amide bonds. The predicted molar refractivity (Wildman–Crippen MR) is 161 cm³/mol. The molecule has 0 aliphatic carbocycles. The van der Waals surface area contributed by atoms with Gasteiger partial charge in [-0.25, -0.2) is 15.0 Å². The summed E-state index contributed by atoms with van der Waals surface area (Å²) >= 11 is 0. The van der Waals surface area contributed by atoms with Gasteiger partial charge in [-0.3, -0.25) is 4.79 Å². The van der Waals surface area contributed by atoms with Crippen molar-refractivity contribution in [3.05, 3.63) is 48.5 Å². The van der Waals surface area contributed by atoms with Crippen LogP contribution in [0.25, 0.3) is 0 Å². The van der Waals surface area contributed by atoms with Crippen LogP contribution >= 0.6 is 0 Å². The minimum absolute atomic E-state index is 0.0369. The first kappa shape index (κ1) is 29.0. The number of aliphatic imine (C=N–C) groups is 3. The summed E-state index contributed by atoms with van der Waals surface area (Å²) < 4.78 is 0. The monoisotopic (exact) mass is 518 g/mol. The van der Waals surface area contributed by atoms with Crippen molar-refractivity contribution in [3.63, 3.8) is 0 Å². The summed E-state index contributed by atoms with van der Waals surface area (Å²) in [6.45, 7) is 16.6. The van der Waals surface area contributed by atoms with Crippen molar-refractivity contribution in [2.24, 2.45) is 20.7 Å². The van der Waals surface area contributed by atoms with Crippen molar-refractivity contribution in [3.8, 4) is 0 Å². The number of ketones is 1. The number of rotatable bonds is 14. The highest BCUT2D eigenvalue weighted by Crippen LogP contribution is 2.21. The van der Waals surface area contributed by atoms with E-state index < -0.39 is 0 Å². The van der Waals surface area contributed by atoms with Gasteiger partial charge < -0.3 is 26.2 Å². The van der Waals surface area contributed by atoms with Gasteiger partial charge in [0.05, 0.1) is 23.5 Å². The molecule has 0 saturated carbocycles. The maximum atomic E-state index is 12.3. The zero-order valence-electron chi connectivity index (χ0n) is 23.2. The molecule has 1 aliphatic rings. The quantitative estimate of drug-likeness (QED) is 0.343. The first-order chi connectivity index (χ1) is 18.4. The standard InChI is InChI=1S/C29H42N8O/c1-5-36(6-2)19-17-31-22-9-13-24(14-10-22)33-26-21-27(38)28(30)35-29(26)34-25-15-11-23(12-16-25)32-18-20-37(7-3)8-4/h9-16,31-32H,5-8,17-21H2,1-4H3,(H2,30,34,35). The average Bonchev–Trinajstić information content (AvgIpc) is 2.93. The molecule has 0 fully saturated rings. The van der Waals surface area contributed by atoms with Gasteiger partial charge in [0.2, 0.25) is 5.78 Å². The molecule has 0 aromatic heterocycles. The molecule has 2 aromatic carbocycles. The van der Waals surface area contributed by atoms with Crippen molar-refractivity contribution in [1.82, 2.24) is 9.80 Å². The van der Waals surface area contributed by atoms with Crippen molar-refractivity contribution in [2.75, 3.05) is 63.0 Å². The molecule has 3 rings (SSSR count). The number of hydrogen-bond donors (Lipinski definition) is 3. The Morgan fingerprint density at radius 2 is 1.21 bits per heavy atom. The zero-order chi connectivity index (χ0) is 27.3. The SMILES string of the molecule is CCN(CC)CCNc1ccc(N=C2CC(=O)C(N)=NC2=Nc2ccc(NCCN(CC)CC)cc2)cc1. The highest BCUT2D eigenvalue weighted by Gasteiger charge is 2.23. The van der Waals surface area contributed by atoms with Crippen molar-refractivity contribution >= 4 is 45.9 Å². The van der Waals surface area contributed by atoms with Crippen LogP contribution in [-0.2, 0) is 4.79 Å². The summed E-state index contributed by atoms with van der Waals surface area (Å²) in [5.74, 6) is 0.0843. The second-order valence-electron chi connectivity index (χ2n) is 9.09. The molecule has 0 unspecified atom stereocenters. The smallest absolute Gasteiger partial charge is 0.203 e. The van der Waals surface area contributed by atoms with Gasteiger partial charge in [-0.15, -0.1) is 0 Å². The molecule has 4 N–H and O–H groups in total. The Kier molecular flexibility index (Phi) is 11.4. The van der Waals surface area contributed by atoms with Crippen LogP contribution in [0, 0.1) is 0 Å². The third-order valence-electron chi connectivity index (χ3n) is 6.63. The van der Waals surface area contributed by atoms with Crippen LogP contribution < -0.4 is 16.4 Å². The van der Waals surface area contributed by atoms with Crippen molar-refractivity contribution in [2.45, 2.75) is 34.1 Å². The van der Waals surface area contributed by atoms with E-state index in [-0.39, 0.29) is 18.0 Å². The van der Waals surface area contributed by atoms with E-state index in [4.69, 9.17) is 10.7 Å². The van der Waals surface area contributed by atoms with Crippen LogP contribution in [0.5, 0.6) is 0 Å². The van der Waals surface area contributed by atoms with Crippen molar-refractivity contribution < 1.29 is 4.79 Å². The number of nitrogens with one attached hydrogen (secondary N) is 2. The van der Waals surface area contributed by atoms with E-state index in [1.165, 1.54) is 0 Å².